The summed E-state index contributed by atoms with van der Waals surface area (Å²) >= 11 is 0. The Balaban J connectivity index is 1.97. The SMILES string of the molecule is NC(=O)c1ccn2cc(C3CCCNC3)nc2c1. The van der Waals surface area contributed by atoms with Crippen LogP contribution >= 0.6 is 0 Å². The summed E-state index contributed by atoms with van der Waals surface area (Å²) in [6, 6.07) is 3.46. The number of nitrogens with two attached hydrogens (primary N) is 1. The maximum atomic E-state index is 11.1. The normalized spacial score (nSPS) is 20.1. The van der Waals surface area contributed by atoms with Crippen molar-refractivity contribution in [2.75, 3.05) is 13.1 Å². The summed E-state index contributed by atoms with van der Waals surface area (Å²) < 4.78 is 1.94. The van der Waals surface area contributed by atoms with Crippen molar-refractivity contribution in [3.63, 3.8) is 0 Å². The van der Waals surface area contributed by atoms with E-state index in [1.807, 2.05) is 16.8 Å². The van der Waals surface area contributed by atoms with Crippen LogP contribution in [0.15, 0.2) is 24.5 Å². The summed E-state index contributed by atoms with van der Waals surface area (Å²) in [5.41, 5.74) is 7.64. The summed E-state index contributed by atoms with van der Waals surface area (Å²) in [5.74, 6) is 0.0528. The van der Waals surface area contributed by atoms with Gasteiger partial charge in [0, 0.05) is 30.4 Å². The molecule has 0 radical (unpaired) electrons. The number of carbonyl (C=O) groups is 1. The number of pyridine rings is 1. The molecular weight excluding hydrogens is 228 g/mol. The Morgan fingerprint density at radius 1 is 1.56 bits per heavy atom. The Hall–Kier alpha value is -1.88. The quantitative estimate of drug-likeness (QED) is 0.824. The number of piperidine rings is 1. The zero-order valence-electron chi connectivity index (χ0n) is 10.1. The Morgan fingerprint density at radius 2 is 2.44 bits per heavy atom. The lowest BCUT2D eigenvalue weighted by molar-refractivity contribution is 0.100. The fourth-order valence-corrected chi connectivity index (χ4v) is 2.46. The summed E-state index contributed by atoms with van der Waals surface area (Å²) in [7, 11) is 0. The number of imidazole rings is 1. The van der Waals surface area contributed by atoms with Crippen molar-refractivity contribution in [2.45, 2.75) is 18.8 Å². The monoisotopic (exact) mass is 244 g/mol. The molecule has 0 bridgehead atoms. The second-order valence-electron chi connectivity index (χ2n) is 4.75. The van der Waals surface area contributed by atoms with Gasteiger partial charge in [-0.15, -0.1) is 0 Å². The number of hydrogen-bond donors (Lipinski definition) is 2. The van der Waals surface area contributed by atoms with Gasteiger partial charge in [0.15, 0.2) is 0 Å². The van der Waals surface area contributed by atoms with E-state index >= 15 is 0 Å². The highest BCUT2D eigenvalue weighted by Crippen LogP contribution is 2.22. The fraction of sp³-hybridized carbons (Fsp3) is 0.385. The lowest BCUT2D eigenvalue weighted by Gasteiger charge is -2.20. The number of hydrogen-bond acceptors (Lipinski definition) is 3. The lowest BCUT2D eigenvalue weighted by Crippen LogP contribution is -2.28. The van der Waals surface area contributed by atoms with E-state index in [0.717, 1.165) is 24.4 Å². The highest BCUT2D eigenvalue weighted by molar-refractivity contribution is 5.93. The maximum absolute atomic E-state index is 11.1. The molecule has 3 N–H and O–H groups in total. The van der Waals surface area contributed by atoms with Crippen molar-refractivity contribution in [3.8, 4) is 0 Å². The zero-order valence-corrected chi connectivity index (χ0v) is 10.1. The zero-order chi connectivity index (χ0) is 12.5. The first kappa shape index (κ1) is 11.2. The molecular formula is C13H16N4O. The summed E-state index contributed by atoms with van der Waals surface area (Å²) in [6.07, 6.45) is 6.23. The molecule has 1 unspecified atom stereocenters. The Kier molecular flexibility index (Phi) is 2.76. The van der Waals surface area contributed by atoms with E-state index in [-0.39, 0.29) is 0 Å². The second kappa shape index (κ2) is 4.42. The van der Waals surface area contributed by atoms with Gasteiger partial charge in [0.25, 0.3) is 0 Å². The number of rotatable bonds is 2. The van der Waals surface area contributed by atoms with Gasteiger partial charge in [-0.1, -0.05) is 0 Å². The summed E-state index contributed by atoms with van der Waals surface area (Å²) in [5, 5.41) is 3.38. The van der Waals surface area contributed by atoms with Gasteiger partial charge in [0.2, 0.25) is 5.91 Å². The third-order valence-electron chi connectivity index (χ3n) is 3.48. The van der Waals surface area contributed by atoms with E-state index in [9.17, 15) is 4.79 Å². The standard InChI is InChI=1S/C13H16N4O/c14-13(18)9-3-5-17-8-11(16-12(17)6-9)10-2-1-4-15-7-10/h3,5-6,8,10,15H,1-2,4,7H2,(H2,14,18). The lowest BCUT2D eigenvalue weighted by atomic mass is 9.97. The van der Waals surface area contributed by atoms with Crippen molar-refractivity contribution in [1.82, 2.24) is 14.7 Å². The molecule has 0 spiro atoms. The van der Waals surface area contributed by atoms with Gasteiger partial charge in [-0.3, -0.25) is 4.79 Å². The predicted octanol–water partition coefficient (Wildman–Crippen LogP) is 0.900. The highest BCUT2D eigenvalue weighted by atomic mass is 16.1. The topological polar surface area (TPSA) is 72.4 Å². The van der Waals surface area contributed by atoms with Crippen LogP contribution in [0.3, 0.4) is 0 Å². The Morgan fingerprint density at radius 3 is 3.17 bits per heavy atom. The van der Waals surface area contributed by atoms with Gasteiger partial charge >= 0.3 is 0 Å². The third-order valence-corrected chi connectivity index (χ3v) is 3.48. The molecule has 5 heteroatoms. The average molecular weight is 244 g/mol. The van der Waals surface area contributed by atoms with E-state index in [2.05, 4.69) is 10.3 Å². The van der Waals surface area contributed by atoms with Crippen molar-refractivity contribution < 1.29 is 4.79 Å². The van der Waals surface area contributed by atoms with E-state index in [1.165, 1.54) is 12.8 Å². The smallest absolute Gasteiger partial charge is 0.248 e. The first-order valence-corrected chi connectivity index (χ1v) is 6.23. The van der Waals surface area contributed by atoms with Gasteiger partial charge in [-0.25, -0.2) is 4.98 Å². The van der Waals surface area contributed by atoms with E-state index in [0.29, 0.717) is 11.5 Å². The first-order chi connectivity index (χ1) is 8.74. The number of nitrogens with one attached hydrogen (secondary N) is 1. The van der Waals surface area contributed by atoms with Crippen LogP contribution in [-0.2, 0) is 0 Å². The fourth-order valence-electron chi connectivity index (χ4n) is 2.46. The molecule has 3 rings (SSSR count). The Bertz CT molecular complexity index is 584. The highest BCUT2D eigenvalue weighted by Gasteiger charge is 2.18. The van der Waals surface area contributed by atoms with Crippen molar-refractivity contribution >= 4 is 11.6 Å². The molecule has 3 heterocycles. The van der Waals surface area contributed by atoms with Crippen LogP contribution in [0.1, 0.15) is 34.8 Å². The predicted molar refractivity (Wildman–Crippen MR) is 68.6 cm³/mol. The van der Waals surface area contributed by atoms with Crippen molar-refractivity contribution in [2.24, 2.45) is 5.73 Å². The van der Waals surface area contributed by atoms with E-state index in [1.54, 1.807) is 12.1 Å². The number of fused-ring (bicyclic) bond motifs is 1. The second-order valence-corrected chi connectivity index (χ2v) is 4.75. The molecule has 1 fully saturated rings. The Labute approximate surface area is 105 Å². The van der Waals surface area contributed by atoms with E-state index < -0.39 is 5.91 Å². The number of nitrogens with zero attached hydrogens (tertiary/aromatic N) is 2. The average Bonchev–Trinajstić information content (AvgIpc) is 2.82. The molecule has 18 heavy (non-hydrogen) atoms. The van der Waals surface area contributed by atoms with E-state index in [4.69, 9.17) is 5.73 Å². The van der Waals surface area contributed by atoms with Gasteiger partial charge in [-0.2, -0.15) is 0 Å². The van der Waals surface area contributed by atoms with Crippen LogP contribution in [0.25, 0.3) is 5.65 Å². The first-order valence-electron chi connectivity index (χ1n) is 6.23. The molecule has 2 aromatic heterocycles. The molecule has 0 aliphatic carbocycles. The van der Waals surface area contributed by atoms with Crippen LogP contribution in [0, 0.1) is 0 Å². The number of aromatic nitrogens is 2. The minimum Gasteiger partial charge on any atom is -0.366 e. The van der Waals surface area contributed by atoms with Crippen LogP contribution in [0.4, 0.5) is 0 Å². The van der Waals surface area contributed by atoms with Crippen molar-refractivity contribution in [1.29, 1.82) is 0 Å². The molecule has 0 saturated carbocycles. The molecule has 1 atom stereocenters. The van der Waals surface area contributed by atoms with Gasteiger partial charge in [0.05, 0.1) is 5.69 Å². The third kappa shape index (κ3) is 1.97. The van der Waals surface area contributed by atoms with Crippen molar-refractivity contribution in [3.05, 3.63) is 35.8 Å². The molecule has 5 nitrogen and oxygen atoms in total. The van der Waals surface area contributed by atoms with Crippen LogP contribution in [-0.4, -0.2) is 28.4 Å². The summed E-state index contributed by atoms with van der Waals surface area (Å²) in [6.45, 7) is 2.07. The van der Waals surface area contributed by atoms with Crippen LogP contribution in [0.5, 0.6) is 0 Å². The molecule has 1 aliphatic heterocycles. The molecule has 1 aliphatic rings. The largest absolute Gasteiger partial charge is 0.366 e. The van der Waals surface area contributed by atoms with Gasteiger partial charge < -0.3 is 15.5 Å². The molecule has 1 amide bonds. The van der Waals surface area contributed by atoms with Gasteiger partial charge in [-0.05, 0) is 31.5 Å². The van der Waals surface area contributed by atoms with Crippen LogP contribution in [0.2, 0.25) is 0 Å². The molecule has 1 saturated heterocycles. The summed E-state index contributed by atoms with van der Waals surface area (Å²) in [4.78, 5) is 15.7. The maximum Gasteiger partial charge on any atom is 0.248 e. The number of primary amides is 1. The molecule has 94 valence electrons. The number of carbonyl (C=O) groups excluding carboxylic acids is 1. The number of amides is 1. The minimum atomic E-state index is -0.415. The molecule has 2 aromatic rings. The van der Waals surface area contributed by atoms with Gasteiger partial charge in [0.1, 0.15) is 5.65 Å². The van der Waals surface area contributed by atoms with Crippen LogP contribution < -0.4 is 11.1 Å². The minimum absolute atomic E-state index is 0.415. The molecule has 0 aromatic carbocycles.